The fraction of sp³-hybridized carbons (Fsp3) is 0.231. The van der Waals surface area contributed by atoms with E-state index in [1.807, 2.05) is 41.8 Å². The third-order valence-corrected chi connectivity index (χ3v) is 4.78. The molecule has 0 fully saturated rings. The first kappa shape index (κ1) is 15.1. The van der Waals surface area contributed by atoms with Gasteiger partial charge in [-0.15, -0.1) is 11.3 Å². The molecule has 0 spiro atoms. The number of nitrogens with zero attached hydrogens (tertiary/aromatic N) is 1. The molecule has 0 aliphatic carbocycles. The van der Waals surface area contributed by atoms with E-state index in [1.165, 1.54) is 11.3 Å². The minimum absolute atomic E-state index is 0.0613. The molecule has 2 rings (SSSR count). The normalized spacial score (nSPS) is 13.6. The molecule has 7 heteroatoms. The zero-order valence-corrected chi connectivity index (χ0v) is 12.3. The molecule has 5 nitrogen and oxygen atoms in total. The van der Waals surface area contributed by atoms with Gasteiger partial charge in [-0.1, -0.05) is 36.4 Å². The Balaban J connectivity index is 2.13. The van der Waals surface area contributed by atoms with E-state index in [4.69, 9.17) is 5.14 Å². The zero-order valence-electron chi connectivity index (χ0n) is 10.7. The first-order valence-corrected chi connectivity index (χ1v) is 8.38. The minimum Gasteiger partial charge on any atom is -0.386 e. The van der Waals surface area contributed by atoms with Crippen molar-refractivity contribution in [1.29, 1.82) is 0 Å². The second-order valence-electron chi connectivity index (χ2n) is 4.35. The molecule has 20 heavy (non-hydrogen) atoms. The molecule has 1 aromatic carbocycles. The van der Waals surface area contributed by atoms with Crippen molar-refractivity contribution >= 4 is 21.5 Å². The molecule has 108 valence electrons. The van der Waals surface area contributed by atoms with E-state index in [2.05, 4.69) is 0 Å². The first-order valence-electron chi connectivity index (χ1n) is 6.00. The van der Waals surface area contributed by atoms with Gasteiger partial charge in [0.1, 0.15) is 6.10 Å². The van der Waals surface area contributed by atoms with Crippen LogP contribution < -0.4 is 5.14 Å². The van der Waals surface area contributed by atoms with Crippen LogP contribution in [0.1, 0.15) is 16.5 Å². The number of hydrogen-bond acceptors (Lipinski definition) is 4. The largest absolute Gasteiger partial charge is 0.386 e. The van der Waals surface area contributed by atoms with Gasteiger partial charge in [0, 0.05) is 18.0 Å². The van der Waals surface area contributed by atoms with E-state index < -0.39 is 16.3 Å². The maximum Gasteiger partial charge on any atom is 0.277 e. The number of aliphatic hydroxyl groups excluding tert-OH is 1. The summed E-state index contributed by atoms with van der Waals surface area (Å²) in [5.74, 6) is 0. The van der Waals surface area contributed by atoms with Crippen molar-refractivity contribution in [1.82, 2.24) is 4.31 Å². The van der Waals surface area contributed by atoms with E-state index in [-0.39, 0.29) is 13.1 Å². The molecule has 0 aliphatic heterocycles. The number of rotatable bonds is 6. The lowest BCUT2D eigenvalue weighted by atomic mass is 10.2. The Morgan fingerprint density at radius 1 is 1.20 bits per heavy atom. The standard InChI is InChI=1S/C13H16N2O3S2/c14-20(17,18)15(9-11-5-2-1-3-6-11)10-12(16)13-7-4-8-19-13/h1-8,12,16H,9-10H2,(H2,14,17,18)/t12-/m0/s1. The van der Waals surface area contributed by atoms with Crippen LogP contribution in [0.4, 0.5) is 0 Å². The molecule has 0 radical (unpaired) electrons. The van der Waals surface area contributed by atoms with Crippen molar-refractivity contribution in [2.24, 2.45) is 5.14 Å². The van der Waals surface area contributed by atoms with Crippen LogP contribution in [0.5, 0.6) is 0 Å². The molecule has 3 N–H and O–H groups in total. The lowest BCUT2D eigenvalue weighted by Gasteiger charge is -2.22. The number of hydrogen-bond donors (Lipinski definition) is 2. The van der Waals surface area contributed by atoms with E-state index in [0.717, 1.165) is 9.87 Å². The average molecular weight is 312 g/mol. The van der Waals surface area contributed by atoms with E-state index in [0.29, 0.717) is 4.88 Å². The predicted molar refractivity (Wildman–Crippen MR) is 79.2 cm³/mol. The van der Waals surface area contributed by atoms with E-state index in [1.54, 1.807) is 6.07 Å². The molecule has 1 aromatic heterocycles. The average Bonchev–Trinajstić information content (AvgIpc) is 2.92. The van der Waals surface area contributed by atoms with Crippen molar-refractivity contribution in [3.63, 3.8) is 0 Å². The third kappa shape index (κ3) is 4.12. The highest BCUT2D eigenvalue weighted by molar-refractivity contribution is 7.86. The fourth-order valence-electron chi connectivity index (χ4n) is 1.81. The molecule has 1 heterocycles. The molecule has 2 aromatic rings. The Bertz CT molecular complexity index is 627. The SMILES string of the molecule is NS(=O)(=O)N(Cc1ccccc1)C[C@H](O)c1cccs1. The fourth-order valence-corrected chi connectivity index (χ4v) is 3.19. The highest BCUT2D eigenvalue weighted by Crippen LogP contribution is 2.21. The van der Waals surface area contributed by atoms with Crippen LogP contribution in [0, 0.1) is 0 Å². The molecular formula is C13H16N2O3S2. The van der Waals surface area contributed by atoms with Gasteiger partial charge in [0.25, 0.3) is 10.2 Å². The Morgan fingerprint density at radius 3 is 2.45 bits per heavy atom. The van der Waals surface area contributed by atoms with Gasteiger partial charge in [0.15, 0.2) is 0 Å². The van der Waals surface area contributed by atoms with Gasteiger partial charge in [0.05, 0.1) is 0 Å². The molecular weight excluding hydrogens is 296 g/mol. The van der Waals surface area contributed by atoms with Crippen LogP contribution in [-0.4, -0.2) is 24.4 Å². The molecule has 1 atom stereocenters. The number of nitrogens with two attached hydrogens (primary N) is 1. The predicted octanol–water partition coefficient (Wildman–Crippen LogP) is 1.49. The Morgan fingerprint density at radius 2 is 1.90 bits per heavy atom. The summed E-state index contributed by atoms with van der Waals surface area (Å²) in [5, 5.41) is 17.1. The summed E-state index contributed by atoms with van der Waals surface area (Å²) < 4.78 is 24.3. The van der Waals surface area contributed by atoms with Crippen LogP contribution in [0.25, 0.3) is 0 Å². The van der Waals surface area contributed by atoms with Crippen molar-refractivity contribution in [3.05, 3.63) is 58.3 Å². The molecule has 0 saturated carbocycles. The molecule has 0 bridgehead atoms. The zero-order chi connectivity index (χ0) is 14.6. The van der Waals surface area contributed by atoms with Gasteiger partial charge >= 0.3 is 0 Å². The van der Waals surface area contributed by atoms with Gasteiger partial charge in [0.2, 0.25) is 0 Å². The third-order valence-electron chi connectivity index (χ3n) is 2.81. The van der Waals surface area contributed by atoms with E-state index >= 15 is 0 Å². The molecule has 0 amide bonds. The number of aliphatic hydroxyl groups is 1. The van der Waals surface area contributed by atoms with Crippen molar-refractivity contribution < 1.29 is 13.5 Å². The summed E-state index contributed by atoms with van der Waals surface area (Å²) in [5.41, 5.74) is 0.819. The van der Waals surface area contributed by atoms with Crippen molar-refractivity contribution in [3.8, 4) is 0 Å². The summed E-state index contributed by atoms with van der Waals surface area (Å²) in [6.45, 7) is 0.0797. The Kier molecular flexibility index (Phi) is 4.90. The van der Waals surface area contributed by atoms with Crippen LogP contribution in [0.2, 0.25) is 0 Å². The number of thiophene rings is 1. The Hall–Kier alpha value is -1.25. The smallest absolute Gasteiger partial charge is 0.277 e. The molecule has 0 aliphatic rings. The quantitative estimate of drug-likeness (QED) is 0.847. The van der Waals surface area contributed by atoms with Crippen molar-refractivity contribution in [2.45, 2.75) is 12.6 Å². The Labute approximate surface area is 122 Å². The summed E-state index contributed by atoms with van der Waals surface area (Å²) >= 11 is 1.38. The van der Waals surface area contributed by atoms with Gasteiger partial charge in [-0.3, -0.25) is 0 Å². The second-order valence-corrected chi connectivity index (χ2v) is 6.88. The van der Waals surface area contributed by atoms with Gasteiger partial charge in [-0.25, -0.2) is 5.14 Å². The topological polar surface area (TPSA) is 83.6 Å². The minimum atomic E-state index is -3.87. The maximum absolute atomic E-state index is 11.6. The van der Waals surface area contributed by atoms with Crippen LogP contribution in [-0.2, 0) is 16.8 Å². The second kappa shape index (κ2) is 6.47. The first-order chi connectivity index (χ1) is 9.47. The maximum atomic E-state index is 11.6. The summed E-state index contributed by atoms with van der Waals surface area (Å²) in [7, 11) is -3.87. The van der Waals surface area contributed by atoms with Crippen molar-refractivity contribution in [2.75, 3.05) is 6.54 Å². The molecule has 0 unspecified atom stereocenters. The van der Waals surface area contributed by atoms with Crippen LogP contribution in [0.15, 0.2) is 47.8 Å². The summed E-state index contributed by atoms with van der Waals surface area (Å²) in [6, 6.07) is 12.7. The van der Waals surface area contributed by atoms with Gasteiger partial charge < -0.3 is 5.11 Å². The van der Waals surface area contributed by atoms with Gasteiger partial charge in [-0.05, 0) is 17.0 Å². The van der Waals surface area contributed by atoms with Crippen LogP contribution in [0.3, 0.4) is 0 Å². The summed E-state index contributed by atoms with van der Waals surface area (Å²) in [6.07, 6.45) is -0.878. The summed E-state index contributed by atoms with van der Waals surface area (Å²) in [4.78, 5) is 0.715. The highest BCUT2D eigenvalue weighted by Gasteiger charge is 2.22. The lowest BCUT2D eigenvalue weighted by molar-refractivity contribution is 0.149. The molecule has 0 saturated heterocycles. The highest BCUT2D eigenvalue weighted by atomic mass is 32.2. The van der Waals surface area contributed by atoms with E-state index in [9.17, 15) is 13.5 Å². The van der Waals surface area contributed by atoms with Gasteiger partial charge in [-0.2, -0.15) is 12.7 Å². The monoisotopic (exact) mass is 312 g/mol. The number of benzene rings is 1. The lowest BCUT2D eigenvalue weighted by Crippen LogP contribution is -2.38. The van der Waals surface area contributed by atoms with Crippen LogP contribution >= 0.6 is 11.3 Å².